The fraction of sp³-hybridized carbons (Fsp3) is 0.407. The minimum Gasteiger partial charge on any atom is -0.481 e. The number of rotatable bonds is 7. The van der Waals surface area contributed by atoms with Gasteiger partial charge in [-0.1, -0.05) is 6.92 Å². The maximum absolute atomic E-state index is 13.7. The molecule has 0 fully saturated rings. The number of ether oxygens (including phenoxy) is 2. The van der Waals surface area contributed by atoms with Crippen molar-refractivity contribution >= 4 is 33.7 Å². The zero-order valence-corrected chi connectivity index (χ0v) is 24.2. The first kappa shape index (κ1) is 31.3. The summed E-state index contributed by atoms with van der Waals surface area (Å²) in [6.45, 7) is 3.19. The number of halogens is 7. The molecule has 0 saturated heterocycles. The van der Waals surface area contributed by atoms with Gasteiger partial charge >= 0.3 is 18.4 Å². The Morgan fingerprint density at radius 1 is 1.05 bits per heavy atom. The van der Waals surface area contributed by atoms with Crippen molar-refractivity contribution < 1.29 is 40.6 Å². The molecule has 0 unspecified atom stereocenters. The van der Waals surface area contributed by atoms with Crippen LogP contribution in [0.2, 0.25) is 0 Å². The molecule has 0 N–H and O–H groups in total. The molecule has 1 aromatic carbocycles. The van der Waals surface area contributed by atoms with E-state index in [-0.39, 0.29) is 36.5 Å². The Hall–Kier alpha value is -3.62. The summed E-state index contributed by atoms with van der Waals surface area (Å²) in [5, 5.41) is 0. The average Bonchev–Trinajstić information content (AvgIpc) is 2.94. The largest absolute Gasteiger partial charge is 0.481 e. The van der Waals surface area contributed by atoms with Crippen molar-refractivity contribution in [2.45, 2.75) is 57.7 Å². The predicted octanol–water partition coefficient (Wildman–Crippen LogP) is 7.57. The molecule has 0 saturated carbocycles. The fourth-order valence-corrected chi connectivity index (χ4v) is 5.03. The molecule has 226 valence electrons. The molecule has 3 heterocycles. The van der Waals surface area contributed by atoms with Gasteiger partial charge in [0.1, 0.15) is 0 Å². The van der Waals surface area contributed by atoms with Crippen LogP contribution in [0.1, 0.15) is 55.1 Å². The van der Waals surface area contributed by atoms with Crippen molar-refractivity contribution in [1.29, 1.82) is 0 Å². The monoisotopic (exact) mass is 661 g/mol. The van der Waals surface area contributed by atoms with E-state index in [1.807, 2.05) is 6.92 Å². The summed E-state index contributed by atoms with van der Waals surface area (Å²) < 4.78 is 93.1. The highest BCUT2D eigenvalue weighted by atomic mass is 79.9. The van der Waals surface area contributed by atoms with Gasteiger partial charge in [-0.3, -0.25) is 4.90 Å². The Bertz CT molecular complexity index is 1390. The van der Waals surface area contributed by atoms with Crippen LogP contribution in [0.25, 0.3) is 0 Å². The molecule has 0 spiro atoms. The molecule has 2 atom stereocenters. The minimum atomic E-state index is -5.02. The van der Waals surface area contributed by atoms with E-state index in [0.29, 0.717) is 34.4 Å². The average molecular weight is 662 g/mol. The zero-order valence-electron chi connectivity index (χ0n) is 22.6. The van der Waals surface area contributed by atoms with Crippen LogP contribution >= 0.6 is 15.9 Å². The summed E-state index contributed by atoms with van der Waals surface area (Å²) in [5.74, 6) is 0.219. The summed E-state index contributed by atoms with van der Waals surface area (Å²) in [6, 6.07) is 3.34. The number of carbonyl (C=O) groups is 1. The Morgan fingerprint density at radius 3 is 2.19 bits per heavy atom. The Morgan fingerprint density at radius 2 is 1.67 bits per heavy atom. The van der Waals surface area contributed by atoms with Crippen LogP contribution in [-0.4, -0.2) is 40.8 Å². The summed E-state index contributed by atoms with van der Waals surface area (Å²) >= 11 is 3.24. The van der Waals surface area contributed by atoms with Crippen LogP contribution in [0.4, 0.5) is 42.8 Å². The van der Waals surface area contributed by atoms with Crippen molar-refractivity contribution in [2.24, 2.45) is 0 Å². The van der Waals surface area contributed by atoms with Crippen LogP contribution in [-0.2, 0) is 23.6 Å². The quantitative estimate of drug-likeness (QED) is 0.242. The first-order valence-electron chi connectivity index (χ1n) is 12.8. The smallest absolute Gasteiger partial charge is 0.416 e. The highest BCUT2D eigenvalue weighted by molar-refractivity contribution is 9.10. The van der Waals surface area contributed by atoms with E-state index in [9.17, 15) is 31.1 Å². The number of carbonyl (C=O) groups excluding carboxylic acids is 1. The number of hydrogen-bond donors (Lipinski definition) is 0. The van der Waals surface area contributed by atoms with Gasteiger partial charge < -0.3 is 14.4 Å². The maximum atomic E-state index is 13.7. The molecule has 1 amide bonds. The highest BCUT2D eigenvalue weighted by Gasteiger charge is 2.42. The molecule has 0 aliphatic carbocycles. The van der Waals surface area contributed by atoms with Crippen molar-refractivity contribution in [3.63, 3.8) is 0 Å². The Labute approximate surface area is 245 Å². The van der Waals surface area contributed by atoms with Crippen molar-refractivity contribution in [2.75, 3.05) is 23.5 Å². The Balaban J connectivity index is 1.91. The second kappa shape index (κ2) is 12.3. The summed E-state index contributed by atoms with van der Waals surface area (Å²) in [4.78, 5) is 29.1. The summed E-state index contributed by atoms with van der Waals surface area (Å²) in [7, 11) is 1.39. The normalized spacial score (nSPS) is 17.0. The van der Waals surface area contributed by atoms with Crippen LogP contribution in [0, 0.1) is 0 Å². The third-order valence-electron chi connectivity index (χ3n) is 6.70. The van der Waals surface area contributed by atoms with E-state index in [1.165, 1.54) is 29.3 Å². The molecular formula is C27H26BrF6N5O3. The second-order valence-corrected chi connectivity index (χ2v) is 10.3. The number of methoxy groups -OCH3 is 1. The number of benzene rings is 1. The number of alkyl halides is 6. The van der Waals surface area contributed by atoms with Crippen molar-refractivity contribution in [1.82, 2.24) is 15.0 Å². The zero-order chi connectivity index (χ0) is 30.8. The fourth-order valence-electron chi connectivity index (χ4n) is 4.83. The van der Waals surface area contributed by atoms with Crippen LogP contribution in [0.3, 0.4) is 0 Å². The molecule has 4 rings (SSSR count). The van der Waals surface area contributed by atoms with Crippen molar-refractivity contribution in [3.8, 4) is 5.88 Å². The summed E-state index contributed by atoms with van der Waals surface area (Å²) in [5.41, 5.74) is -2.49. The molecular weight excluding hydrogens is 636 g/mol. The first-order chi connectivity index (χ1) is 19.8. The summed E-state index contributed by atoms with van der Waals surface area (Å²) in [6.07, 6.45) is -7.19. The van der Waals surface area contributed by atoms with Gasteiger partial charge in [0.2, 0.25) is 11.8 Å². The van der Waals surface area contributed by atoms with Gasteiger partial charge in [0, 0.05) is 31.0 Å². The van der Waals surface area contributed by atoms with Crippen LogP contribution in [0.15, 0.2) is 47.2 Å². The lowest BCUT2D eigenvalue weighted by molar-refractivity contribution is -0.143. The molecule has 0 bridgehead atoms. The molecule has 1 aliphatic heterocycles. The Kier molecular flexibility index (Phi) is 9.18. The number of pyridine rings is 1. The molecule has 15 heteroatoms. The van der Waals surface area contributed by atoms with Gasteiger partial charge in [0.25, 0.3) is 0 Å². The third kappa shape index (κ3) is 6.71. The van der Waals surface area contributed by atoms with Crippen LogP contribution in [0.5, 0.6) is 5.88 Å². The lowest BCUT2D eigenvalue weighted by Gasteiger charge is -2.43. The molecule has 2 aromatic heterocycles. The lowest BCUT2D eigenvalue weighted by atomic mass is 9.92. The SMILES string of the molecule is CCOC(=O)N1c2ccc(OC)nc2[C@@H](N(Cc2cc(C(F)(F)F)cc(C(F)(F)F)c2)c2ncc(Br)cn2)C[C@H]1CC. The number of nitrogens with zero attached hydrogens (tertiary/aromatic N) is 5. The highest BCUT2D eigenvalue weighted by Crippen LogP contribution is 2.44. The van der Waals surface area contributed by atoms with E-state index < -0.39 is 48.2 Å². The van der Waals surface area contributed by atoms with E-state index in [4.69, 9.17) is 9.47 Å². The number of hydrogen-bond acceptors (Lipinski definition) is 7. The van der Waals surface area contributed by atoms with Gasteiger partial charge in [-0.05, 0) is 65.5 Å². The number of aromatic nitrogens is 3. The van der Waals surface area contributed by atoms with E-state index >= 15 is 0 Å². The predicted molar refractivity (Wildman–Crippen MR) is 144 cm³/mol. The topological polar surface area (TPSA) is 80.7 Å². The minimum absolute atomic E-state index is 0.0316. The standard InChI is InChI=1S/C27H26BrF6N5O3/c1-4-19-11-21(23-20(6-7-22(37-23)41-3)39(19)25(40)42-5-2)38(24-35-12-18(28)13-36-24)14-15-8-16(26(29,30)31)10-17(9-15)27(32,33)34/h6-10,12-13,19,21H,4-5,11,14H2,1-3H3/t19-,21+/m1/s1. The van der Waals surface area contributed by atoms with E-state index in [0.717, 1.165) is 0 Å². The number of fused-ring (bicyclic) bond motifs is 1. The molecule has 1 aliphatic rings. The molecule has 42 heavy (non-hydrogen) atoms. The molecule has 3 aromatic rings. The van der Waals surface area contributed by atoms with E-state index in [1.54, 1.807) is 19.1 Å². The number of amides is 1. The van der Waals surface area contributed by atoms with Gasteiger partial charge in [0.15, 0.2) is 0 Å². The van der Waals surface area contributed by atoms with Gasteiger partial charge in [0.05, 0.1) is 46.7 Å². The first-order valence-corrected chi connectivity index (χ1v) is 13.6. The number of anilines is 2. The third-order valence-corrected chi connectivity index (χ3v) is 7.11. The van der Waals surface area contributed by atoms with Crippen LogP contribution < -0.4 is 14.5 Å². The lowest BCUT2D eigenvalue weighted by Crippen LogP contribution is -2.48. The second-order valence-electron chi connectivity index (χ2n) is 9.38. The van der Waals surface area contributed by atoms with Gasteiger partial charge in [-0.15, -0.1) is 0 Å². The molecule has 0 radical (unpaired) electrons. The van der Waals surface area contributed by atoms with E-state index in [2.05, 4.69) is 30.9 Å². The molecule has 8 nitrogen and oxygen atoms in total. The van der Waals surface area contributed by atoms with Gasteiger partial charge in [-0.2, -0.15) is 26.3 Å². The van der Waals surface area contributed by atoms with Gasteiger partial charge in [-0.25, -0.2) is 19.7 Å². The maximum Gasteiger partial charge on any atom is 0.416 e. The van der Waals surface area contributed by atoms with Crippen molar-refractivity contribution in [3.05, 3.63) is 69.6 Å².